The number of hydrogen-bond acceptors (Lipinski definition) is 5. The van der Waals surface area contributed by atoms with Crippen LogP contribution in [0.15, 0.2) is 18.2 Å². The molecule has 18 heavy (non-hydrogen) atoms. The van der Waals surface area contributed by atoms with Gasteiger partial charge in [0.15, 0.2) is 0 Å². The Morgan fingerprint density at radius 3 is 2.11 bits per heavy atom. The largest absolute Gasteiger partial charge is 0.497 e. The van der Waals surface area contributed by atoms with Gasteiger partial charge in [0.1, 0.15) is 16.8 Å². The van der Waals surface area contributed by atoms with Gasteiger partial charge in [0, 0.05) is 0 Å². The molecule has 0 bridgehead atoms. The van der Waals surface area contributed by atoms with Crippen LogP contribution in [0.3, 0.4) is 0 Å². The summed E-state index contributed by atoms with van der Waals surface area (Å²) in [5.41, 5.74) is 0. The second kappa shape index (κ2) is 6.78. The van der Waals surface area contributed by atoms with Gasteiger partial charge in [-0.05, 0) is 32.0 Å². The van der Waals surface area contributed by atoms with E-state index in [2.05, 4.69) is 0 Å². The highest BCUT2D eigenvalue weighted by Crippen LogP contribution is 2.49. The van der Waals surface area contributed by atoms with Gasteiger partial charge in [-0.2, -0.15) is 0 Å². The Hall–Kier alpha value is -1.03. The van der Waals surface area contributed by atoms with E-state index in [1.165, 1.54) is 14.2 Å². The lowest BCUT2D eigenvalue weighted by Crippen LogP contribution is -2.13. The average molecular weight is 274 g/mol. The summed E-state index contributed by atoms with van der Waals surface area (Å²) in [6.45, 7) is 4.10. The van der Waals surface area contributed by atoms with Gasteiger partial charge in [-0.3, -0.25) is 4.57 Å². The molecule has 1 rings (SSSR count). The van der Waals surface area contributed by atoms with Gasteiger partial charge < -0.3 is 18.5 Å². The van der Waals surface area contributed by atoms with Crippen molar-refractivity contribution in [1.82, 2.24) is 0 Å². The van der Waals surface area contributed by atoms with E-state index in [-0.39, 0.29) is 13.2 Å². The maximum atomic E-state index is 12.7. The van der Waals surface area contributed by atoms with Crippen molar-refractivity contribution in [3.05, 3.63) is 18.2 Å². The van der Waals surface area contributed by atoms with Crippen LogP contribution in [0.25, 0.3) is 0 Å². The molecule has 0 radical (unpaired) electrons. The van der Waals surface area contributed by atoms with Crippen molar-refractivity contribution >= 4 is 12.9 Å². The molecular weight excluding hydrogens is 255 g/mol. The van der Waals surface area contributed by atoms with Crippen molar-refractivity contribution in [2.24, 2.45) is 0 Å². The van der Waals surface area contributed by atoms with Crippen LogP contribution in [0.5, 0.6) is 11.5 Å². The van der Waals surface area contributed by atoms with E-state index in [0.29, 0.717) is 16.8 Å². The number of ether oxygens (including phenoxy) is 2. The highest BCUT2D eigenvalue weighted by Gasteiger charge is 2.31. The monoisotopic (exact) mass is 274 g/mol. The number of hydrogen-bond donors (Lipinski definition) is 0. The zero-order valence-electron chi connectivity index (χ0n) is 11.1. The Balaban J connectivity index is 3.28. The second-order valence-corrected chi connectivity index (χ2v) is 5.36. The van der Waals surface area contributed by atoms with Gasteiger partial charge in [-0.1, -0.05) is 0 Å². The molecule has 0 unspecified atom stereocenters. The summed E-state index contributed by atoms with van der Waals surface area (Å²) < 4.78 is 33.6. The quantitative estimate of drug-likeness (QED) is 0.715. The summed E-state index contributed by atoms with van der Waals surface area (Å²) >= 11 is 0. The standard InChI is InChI=1S/C12H19O5P/c1-5-16-18(13,17-6-2)12-9-10(14-3)7-8-11(12)15-4/h7-9H,5-6H2,1-4H3. The zero-order chi connectivity index (χ0) is 13.6. The predicted octanol–water partition coefficient (Wildman–Crippen LogP) is 2.60. The smallest absolute Gasteiger partial charge is 0.365 e. The molecular formula is C12H19O5P. The molecule has 0 N–H and O–H groups in total. The van der Waals surface area contributed by atoms with Gasteiger partial charge in [0.25, 0.3) is 0 Å². The third-order valence-electron chi connectivity index (χ3n) is 2.28. The number of methoxy groups -OCH3 is 2. The van der Waals surface area contributed by atoms with E-state index >= 15 is 0 Å². The normalized spacial score (nSPS) is 11.3. The molecule has 0 aliphatic heterocycles. The predicted molar refractivity (Wildman–Crippen MR) is 70.0 cm³/mol. The maximum Gasteiger partial charge on any atom is 0.365 e. The van der Waals surface area contributed by atoms with E-state index in [1.54, 1.807) is 32.0 Å². The van der Waals surface area contributed by atoms with Gasteiger partial charge in [0.2, 0.25) is 0 Å². The van der Waals surface area contributed by atoms with Crippen molar-refractivity contribution in [1.29, 1.82) is 0 Å². The minimum Gasteiger partial charge on any atom is -0.497 e. The highest BCUT2D eigenvalue weighted by atomic mass is 31.2. The first-order chi connectivity index (χ1) is 8.61. The van der Waals surface area contributed by atoms with Crippen LogP contribution in [0.1, 0.15) is 13.8 Å². The fourth-order valence-corrected chi connectivity index (χ4v) is 3.28. The minimum atomic E-state index is -3.37. The summed E-state index contributed by atoms with van der Waals surface area (Å²) in [7, 11) is -0.324. The molecule has 1 aromatic rings. The molecule has 102 valence electrons. The Kier molecular flexibility index (Phi) is 5.66. The van der Waals surface area contributed by atoms with Gasteiger partial charge in [-0.25, -0.2) is 0 Å². The molecule has 0 heterocycles. The fourth-order valence-electron chi connectivity index (χ4n) is 1.53. The SMILES string of the molecule is CCOP(=O)(OCC)c1cc(OC)ccc1OC. The van der Waals surface area contributed by atoms with Gasteiger partial charge >= 0.3 is 7.60 Å². The maximum absolute atomic E-state index is 12.7. The van der Waals surface area contributed by atoms with Crippen LogP contribution in [0.2, 0.25) is 0 Å². The molecule has 0 aromatic heterocycles. The summed E-state index contributed by atoms with van der Waals surface area (Å²) in [5.74, 6) is 1.03. The number of rotatable bonds is 7. The molecule has 0 saturated heterocycles. The van der Waals surface area contributed by atoms with Crippen molar-refractivity contribution in [3.8, 4) is 11.5 Å². The summed E-state index contributed by atoms with van der Waals surface area (Å²) in [6.07, 6.45) is 0. The molecule has 1 aromatic carbocycles. The molecule has 0 amide bonds. The lowest BCUT2D eigenvalue weighted by atomic mass is 10.3. The zero-order valence-corrected chi connectivity index (χ0v) is 12.0. The summed E-state index contributed by atoms with van der Waals surface area (Å²) in [6, 6.07) is 5.02. The molecule has 0 atom stereocenters. The van der Waals surface area contributed by atoms with E-state index in [0.717, 1.165) is 0 Å². The van der Waals surface area contributed by atoms with Gasteiger partial charge in [-0.15, -0.1) is 0 Å². The van der Waals surface area contributed by atoms with Crippen LogP contribution in [-0.2, 0) is 13.6 Å². The molecule has 6 heteroatoms. The Morgan fingerprint density at radius 1 is 1.06 bits per heavy atom. The number of benzene rings is 1. The molecule has 0 aliphatic rings. The van der Waals surface area contributed by atoms with E-state index in [4.69, 9.17) is 18.5 Å². The van der Waals surface area contributed by atoms with E-state index < -0.39 is 7.60 Å². The summed E-state index contributed by atoms with van der Waals surface area (Å²) in [5, 5.41) is 0.382. The van der Waals surface area contributed by atoms with Crippen LogP contribution < -0.4 is 14.8 Å². The van der Waals surface area contributed by atoms with Gasteiger partial charge in [0.05, 0.1) is 27.4 Å². The first-order valence-electron chi connectivity index (χ1n) is 5.73. The third-order valence-corrected chi connectivity index (χ3v) is 4.41. The van der Waals surface area contributed by atoms with Crippen LogP contribution in [-0.4, -0.2) is 27.4 Å². The second-order valence-electron chi connectivity index (χ2n) is 3.37. The Labute approximate surface area is 108 Å². The Bertz CT molecular complexity index is 422. The molecule has 0 saturated carbocycles. The van der Waals surface area contributed by atoms with Crippen molar-refractivity contribution in [2.75, 3.05) is 27.4 Å². The molecule has 0 spiro atoms. The fraction of sp³-hybridized carbons (Fsp3) is 0.500. The molecule has 0 fully saturated rings. The highest BCUT2D eigenvalue weighted by molar-refractivity contribution is 7.62. The topological polar surface area (TPSA) is 54.0 Å². The van der Waals surface area contributed by atoms with Crippen molar-refractivity contribution < 1.29 is 23.1 Å². The van der Waals surface area contributed by atoms with Crippen LogP contribution in [0, 0.1) is 0 Å². The molecule has 0 aliphatic carbocycles. The molecule has 5 nitrogen and oxygen atoms in total. The van der Waals surface area contributed by atoms with Crippen molar-refractivity contribution in [3.63, 3.8) is 0 Å². The van der Waals surface area contributed by atoms with E-state index in [9.17, 15) is 4.57 Å². The Morgan fingerprint density at radius 2 is 1.67 bits per heavy atom. The lowest BCUT2D eigenvalue weighted by Gasteiger charge is -2.19. The summed E-state index contributed by atoms with van der Waals surface area (Å²) in [4.78, 5) is 0. The average Bonchev–Trinajstić information content (AvgIpc) is 2.38. The van der Waals surface area contributed by atoms with Crippen LogP contribution >= 0.6 is 7.60 Å². The first kappa shape index (κ1) is 15.0. The minimum absolute atomic E-state index is 0.289. The lowest BCUT2D eigenvalue weighted by molar-refractivity contribution is 0.229. The van der Waals surface area contributed by atoms with Crippen molar-refractivity contribution in [2.45, 2.75) is 13.8 Å². The van der Waals surface area contributed by atoms with E-state index in [1.807, 2.05) is 0 Å². The third kappa shape index (κ3) is 3.25. The first-order valence-corrected chi connectivity index (χ1v) is 7.27. The van der Waals surface area contributed by atoms with Crippen LogP contribution in [0.4, 0.5) is 0 Å².